The van der Waals surface area contributed by atoms with Crippen LogP contribution in [0.4, 0.5) is 13.2 Å². The Kier molecular flexibility index (Phi) is 5.49. The van der Waals surface area contributed by atoms with E-state index < -0.39 is 31.7 Å². The van der Waals surface area contributed by atoms with Gasteiger partial charge >= 0.3 is 6.18 Å². The molecule has 27 heavy (non-hydrogen) atoms. The molecule has 1 heterocycles. The van der Waals surface area contributed by atoms with Gasteiger partial charge in [0.05, 0.1) is 16.9 Å². The predicted molar refractivity (Wildman–Crippen MR) is 96.9 cm³/mol. The Balaban J connectivity index is 2.75. The van der Waals surface area contributed by atoms with Crippen LogP contribution < -0.4 is 0 Å². The normalized spacial score (nSPS) is 15.7. The molecule has 0 saturated heterocycles. The van der Waals surface area contributed by atoms with Gasteiger partial charge in [0.25, 0.3) is 0 Å². The number of nitrogens with zero attached hydrogens (tertiary/aromatic N) is 3. The number of hydrogen-bond acceptors (Lipinski definition) is 4. The summed E-state index contributed by atoms with van der Waals surface area (Å²) in [5, 5.41) is 4.09. The van der Waals surface area contributed by atoms with Gasteiger partial charge < -0.3 is 0 Å². The molecule has 0 aliphatic carbocycles. The molecule has 150 valence electrons. The van der Waals surface area contributed by atoms with Crippen molar-refractivity contribution in [3.05, 3.63) is 48.0 Å². The highest BCUT2D eigenvalue weighted by atomic mass is 32.2. The monoisotopic (exact) mass is 403 g/mol. The van der Waals surface area contributed by atoms with Gasteiger partial charge in [-0.15, -0.1) is 0 Å². The summed E-state index contributed by atoms with van der Waals surface area (Å²) >= 11 is 0. The zero-order valence-corrected chi connectivity index (χ0v) is 16.8. The van der Waals surface area contributed by atoms with Crippen molar-refractivity contribution in [2.24, 2.45) is 5.92 Å². The van der Waals surface area contributed by atoms with E-state index in [0.717, 1.165) is 18.4 Å². The van der Waals surface area contributed by atoms with Crippen LogP contribution in [0.15, 0.2) is 36.9 Å². The lowest BCUT2D eigenvalue weighted by atomic mass is 9.63. The Morgan fingerprint density at radius 3 is 1.96 bits per heavy atom. The molecular formula is C18H24F3N3O2S. The molecule has 1 atom stereocenters. The van der Waals surface area contributed by atoms with E-state index in [1.54, 1.807) is 13.8 Å². The highest BCUT2D eigenvalue weighted by Gasteiger charge is 2.55. The number of hydrogen-bond donors (Lipinski definition) is 0. The molecule has 0 N–H and O–H groups in total. The minimum absolute atomic E-state index is 0.163. The second-order valence-electron chi connectivity index (χ2n) is 7.58. The lowest BCUT2D eigenvalue weighted by molar-refractivity contribution is -0.137. The Labute approximate surface area is 157 Å². The Hall–Kier alpha value is -1.90. The maximum atomic E-state index is 13.0. The average molecular weight is 403 g/mol. The van der Waals surface area contributed by atoms with E-state index >= 15 is 0 Å². The quantitative estimate of drug-likeness (QED) is 0.738. The lowest BCUT2D eigenvalue weighted by Gasteiger charge is -2.49. The van der Waals surface area contributed by atoms with Crippen molar-refractivity contribution in [3.8, 4) is 0 Å². The zero-order chi connectivity index (χ0) is 20.7. The van der Waals surface area contributed by atoms with E-state index in [-0.39, 0.29) is 12.5 Å². The Morgan fingerprint density at radius 1 is 1.07 bits per heavy atom. The summed E-state index contributed by atoms with van der Waals surface area (Å²) in [5.74, 6) is -0.219. The summed E-state index contributed by atoms with van der Waals surface area (Å²) in [4.78, 5) is 3.90. The van der Waals surface area contributed by atoms with Crippen LogP contribution in [0, 0.1) is 5.92 Å². The van der Waals surface area contributed by atoms with Gasteiger partial charge in [-0.1, -0.05) is 26.0 Å². The number of aromatic nitrogens is 3. The van der Waals surface area contributed by atoms with E-state index in [2.05, 4.69) is 10.1 Å². The van der Waals surface area contributed by atoms with Crippen LogP contribution in [-0.4, -0.2) is 34.2 Å². The van der Waals surface area contributed by atoms with E-state index in [4.69, 9.17) is 0 Å². The van der Waals surface area contributed by atoms with Crippen LogP contribution in [0.2, 0.25) is 0 Å². The highest BCUT2D eigenvalue weighted by molar-refractivity contribution is 7.92. The molecule has 9 heteroatoms. The summed E-state index contributed by atoms with van der Waals surface area (Å²) in [6.07, 6.45) is -0.502. The third kappa shape index (κ3) is 3.74. The summed E-state index contributed by atoms with van der Waals surface area (Å²) in [6, 6.07) is 4.72. The molecular weight excluding hydrogens is 379 g/mol. The third-order valence-electron chi connectivity index (χ3n) is 5.59. The van der Waals surface area contributed by atoms with Gasteiger partial charge in [-0.05, 0) is 37.5 Å². The van der Waals surface area contributed by atoms with Gasteiger partial charge in [0.15, 0.2) is 9.84 Å². The van der Waals surface area contributed by atoms with Crippen LogP contribution in [0.1, 0.15) is 38.8 Å². The van der Waals surface area contributed by atoms with Gasteiger partial charge in [0.1, 0.15) is 12.7 Å². The molecule has 0 aliphatic heterocycles. The fourth-order valence-electron chi connectivity index (χ4n) is 3.70. The molecule has 0 amide bonds. The van der Waals surface area contributed by atoms with E-state index in [1.165, 1.54) is 29.5 Å². The molecule has 0 saturated carbocycles. The predicted octanol–water partition coefficient (Wildman–Crippen LogP) is 3.71. The molecule has 1 aromatic heterocycles. The lowest BCUT2D eigenvalue weighted by Crippen LogP contribution is -2.57. The molecule has 2 rings (SSSR count). The molecule has 0 fully saturated rings. The van der Waals surface area contributed by atoms with Crippen molar-refractivity contribution in [2.45, 2.75) is 50.6 Å². The summed E-state index contributed by atoms with van der Waals surface area (Å²) in [5.41, 5.74) is -1.29. The maximum absolute atomic E-state index is 13.0. The first-order chi connectivity index (χ1) is 12.2. The van der Waals surface area contributed by atoms with E-state index in [9.17, 15) is 21.6 Å². The fraction of sp³-hybridized carbons (Fsp3) is 0.556. The number of halogens is 3. The molecule has 0 bridgehead atoms. The summed E-state index contributed by atoms with van der Waals surface area (Å²) in [7, 11) is -3.58. The summed E-state index contributed by atoms with van der Waals surface area (Å²) in [6.45, 7) is 7.10. The fourth-order valence-corrected chi connectivity index (χ4v) is 4.78. The number of rotatable bonds is 6. The molecule has 1 aromatic carbocycles. The standard InChI is InChI=1S/C18H24F3N3O2S/c1-13(2)17(10-24-12-22-11-23-24,16(3,4)27(5,25)26)14-6-8-15(9-7-14)18(19,20)21/h6-9,11-13H,10H2,1-5H3. The van der Waals surface area contributed by atoms with Crippen molar-refractivity contribution >= 4 is 9.84 Å². The Morgan fingerprint density at radius 2 is 1.59 bits per heavy atom. The van der Waals surface area contributed by atoms with E-state index in [0.29, 0.717) is 5.56 Å². The van der Waals surface area contributed by atoms with E-state index in [1.807, 2.05) is 13.8 Å². The van der Waals surface area contributed by atoms with Gasteiger partial charge in [-0.3, -0.25) is 4.68 Å². The van der Waals surface area contributed by atoms with Gasteiger partial charge in [0, 0.05) is 11.7 Å². The second kappa shape index (κ2) is 6.92. The number of alkyl halides is 3. The topological polar surface area (TPSA) is 64.8 Å². The highest BCUT2D eigenvalue weighted by Crippen LogP contribution is 2.47. The number of benzene rings is 1. The molecule has 0 radical (unpaired) electrons. The molecule has 0 aliphatic rings. The SMILES string of the molecule is CC(C)C(Cn1cncn1)(c1ccc(C(F)(F)F)cc1)C(C)(C)S(C)(=O)=O. The molecule has 0 spiro atoms. The van der Waals surface area contributed by atoms with Gasteiger partial charge in [-0.25, -0.2) is 13.4 Å². The van der Waals surface area contributed by atoms with Crippen LogP contribution in [0.5, 0.6) is 0 Å². The third-order valence-corrected chi connectivity index (χ3v) is 7.81. The minimum Gasteiger partial charge on any atom is -0.252 e. The summed E-state index contributed by atoms with van der Waals surface area (Å²) < 4.78 is 64.6. The molecule has 5 nitrogen and oxygen atoms in total. The first kappa shape index (κ1) is 21.4. The van der Waals surface area contributed by atoms with Crippen LogP contribution in [0.25, 0.3) is 0 Å². The largest absolute Gasteiger partial charge is 0.416 e. The average Bonchev–Trinajstić information content (AvgIpc) is 3.03. The van der Waals surface area contributed by atoms with Crippen molar-refractivity contribution in [3.63, 3.8) is 0 Å². The first-order valence-corrected chi connectivity index (χ1v) is 10.3. The Bertz CT molecular complexity index is 874. The van der Waals surface area contributed by atoms with Gasteiger partial charge in [0.2, 0.25) is 0 Å². The van der Waals surface area contributed by atoms with Crippen molar-refractivity contribution in [1.29, 1.82) is 0 Å². The van der Waals surface area contributed by atoms with Crippen LogP contribution in [0.3, 0.4) is 0 Å². The van der Waals surface area contributed by atoms with Crippen LogP contribution >= 0.6 is 0 Å². The first-order valence-electron chi connectivity index (χ1n) is 8.43. The molecule has 2 aromatic rings. The molecule has 1 unspecified atom stereocenters. The maximum Gasteiger partial charge on any atom is 0.416 e. The van der Waals surface area contributed by atoms with Crippen molar-refractivity contribution < 1.29 is 21.6 Å². The van der Waals surface area contributed by atoms with Crippen molar-refractivity contribution in [1.82, 2.24) is 14.8 Å². The second-order valence-corrected chi connectivity index (χ2v) is 10.1. The smallest absolute Gasteiger partial charge is 0.252 e. The zero-order valence-electron chi connectivity index (χ0n) is 15.9. The minimum atomic E-state index is -4.46. The number of sulfone groups is 1. The van der Waals surface area contributed by atoms with Crippen molar-refractivity contribution in [2.75, 3.05) is 6.26 Å². The van der Waals surface area contributed by atoms with Gasteiger partial charge in [-0.2, -0.15) is 18.3 Å². The van der Waals surface area contributed by atoms with Crippen LogP contribution in [-0.2, 0) is 28.0 Å².